The molecule has 1 atom stereocenters. The Labute approximate surface area is 137 Å². The number of carbonyl (C=O) groups excluding carboxylic acids is 1. The molecule has 3 aromatic heterocycles. The summed E-state index contributed by atoms with van der Waals surface area (Å²) in [4.78, 5) is 28.4. The number of carbonyl (C=O) groups is 1. The molecule has 23 heavy (non-hydrogen) atoms. The van der Waals surface area contributed by atoms with Crippen LogP contribution in [0.1, 0.15) is 17.8 Å². The highest BCUT2D eigenvalue weighted by molar-refractivity contribution is 7.14. The third-order valence-electron chi connectivity index (χ3n) is 4.05. The Kier molecular flexibility index (Phi) is 3.63. The zero-order valence-electron chi connectivity index (χ0n) is 12.3. The summed E-state index contributed by atoms with van der Waals surface area (Å²) in [6.45, 7) is 0. The van der Waals surface area contributed by atoms with E-state index < -0.39 is 0 Å². The van der Waals surface area contributed by atoms with Crippen molar-refractivity contribution in [3.8, 4) is 11.3 Å². The van der Waals surface area contributed by atoms with E-state index >= 15 is 0 Å². The molecule has 0 aromatic carbocycles. The molecule has 1 amide bonds. The van der Waals surface area contributed by atoms with Gasteiger partial charge in [-0.05, 0) is 25.0 Å². The van der Waals surface area contributed by atoms with Crippen molar-refractivity contribution in [2.75, 3.05) is 5.32 Å². The Morgan fingerprint density at radius 2 is 2.39 bits per heavy atom. The smallest absolute Gasteiger partial charge is 0.229 e. The van der Waals surface area contributed by atoms with Gasteiger partial charge in [-0.2, -0.15) is 0 Å². The molecule has 0 radical (unpaired) electrons. The topological polar surface area (TPSA) is 83.6 Å². The van der Waals surface area contributed by atoms with Crippen LogP contribution in [0.5, 0.6) is 0 Å². The number of H-pyrrole nitrogens is 1. The first-order valence-electron chi connectivity index (χ1n) is 7.47. The van der Waals surface area contributed by atoms with Crippen LogP contribution >= 0.6 is 11.3 Å². The lowest BCUT2D eigenvalue weighted by Gasteiger charge is -2.19. The molecule has 3 aromatic rings. The highest BCUT2D eigenvalue weighted by Gasteiger charge is 2.26. The number of fused-ring (bicyclic) bond motifs is 1. The minimum atomic E-state index is -0.0336. The Hall–Kier alpha value is -2.54. The van der Waals surface area contributed by atoms with Gasteiger partial charge in [0.1, 0.15) is 0 Å². The van der Waals surface area contributed by atoms with E-state index in [-0.39, 0.29) is 11.8 Å². The maximum absolute atomic E-state index is 12.5. The first-order chi connectivity index (χ1) is 11.3. The van der Waals surface area contributed by atoms with Crippen LogP contribution in [0.2, 0.25) is 0 Å². The number of nitrogens with zero attached hydrogens (tertiary/aromatic N) is 3. The second-order valence-electron chi connectivity index (χ2n) is 5.54. The van der Waals surface area contributed by atoms with Crippen molar-refractivity contribution < 1.29 is 4.79 Å². The van der Waals surface area contributed by atoms with Crippen LogP contribution in [-0.2, 0) is 17.6 Å². The summed E-state index contributed by atoms with van der Waals surface area (Å²) in [5.74, 6) is -0.00831. The van der Waals surface area contributed by atoms with E-state index in [0.29, 0.717) is 11.6 Å². The zero-order chi connectivity index (χ0) is 15.6. The maximum Gasteiger partial charge on any atom is 0.229 e. The lowest BCUT2D eigenvalue weighted by molar-refractivity contribution is -0.120. The molecule has 4 rings (SSSR count). The predicted octanol–water partition coefficient (Wildman–Crippen LogP) is 2.67. The van der Waals surface area contributed by atoms with Gasteiger partial charge < -0.3 is 10.3 Å². The Balaban J connectivity index is 1.45. The predicted molar refractivity (Wildman–Crippen MR) is 88.1 cm³/mol. The first kappa shape index (κ1) is 14.1. The number of nitrogens with one attached hydrogen (secondary N) is 2. The highest BCUT2D eigenvalue weighted by atomic mass is 32.1. The number of imidazole rings is 1. The first-order valence-corrected chi connectivity index (χ1v) is 8.35. The lowest BCUT2D eigenvalue weighted by atomic mass is 9.89. The van der Waals surface area contributed by atoms with Crippen LogP contribution in [0.4, 0.5) is 5.13 Å². The molecular formula is C16H15N5OS. The summed E-state index contributed by atoms with van der Waals surface area (Å²) < 4.78 is 0. The fourth-order valence-corrected chi connectivity index (χ4v) is 3.53. The van der Waals surface area contributed by atoms with Crippen molar-refractivity contribution in [1.82, 2.24) is 19.9 Å². The largest absolute Gasteiger partial charge is 0.348 e. The van der Waals surface area contributed by atoms with Crippen LogP contribution in [0.25, 0.3) is 11.3 Å². The summed E-state index contributed by atoms with van der Waals surface area (Å²) in [7, 11) is 0. The number of pyridine rings is 1. The van der Waals surface area contributed by atoms with Gasteiger partial charge in [0.05, 0.1) is 17.7 Å². The number of aromatic amines is 1. The average Bonchev–Trinajstić information content (AvgIpc) is 3.24. The van der Waals surface area contributed by atoms with E-state index in [1.807, 2.05) is 17.5 Å². The Morgan fingerprint density at radius 3 is 3.26 bits per heavy atom. The van der Waals surface area contributed by atoms with Gasteiger partial charge in [0.15, 0.2) is 5.13 Å². The SMILES string of the molecule is O=C(Nc1nc(-c2cccnc2)cs1)C1CCc2nc[nH]c2C1. The number of anilines is 1. The van der Waals surface area contributed by atoms with Gasteiger partial charge in [-0.1, -0.05) is 0 Å². The van der Waals surface area contributed by atoms with Crippen LogP contribution in [0.3, 0.4) is 0 Å². The minimum absolute atomic E-state index is 0.0253. The van der Waals surface area contributed by atoms with E-state index in [2.05, 4.69) is 25.3 Å². The number of hydrogen-bond acceptors (Lipinski definition) is 5. The van der Waals surface area contributed by atoms with Crippen LogP contribution < -0.4 is 5.32 Å². The number of thiazole rings is 1. The highest BCUT2D eigenvalue weighted by Crippen LogP contribution is 2.27. The Morgan fingerprint density at radius 1 is 1.43 bits per heavy atom. The molecule has 1 aliphatic rings. The molecule has 0 saturated heterocycles. The van der Waals surface area contributed by atoms with E-state index in [9.17, 15) is 4.79 Å². The monoisotopic (exact) mass is 325 g/mol. The zero-order valence-corrected chi connectivity index (χ0v) is 13.1. The van der Waals surface area contributed by atoms with Crippen LogP contribution in [0.15, 0.2) is 36.2 Å². The van der Waals surface area contributed by atoms with Crippen molar-refractivity contribution in [2.45, 2.75) is 19.3 Å². The van der Waals surface area contributed by atoms with Gasteiger partial charge in [-0.25, -0.2) is 9.97 Å². The quantitative estimate of drug-likeness (QED) is 0.775. The van der Waals surface area contributed by atoms with Crippen molar-refractivity contribution >= 4 is 22.4 Å². The lowest BCUT2D eigenvalue weighted by Crippen LogP contribution is -2.28. The molecule has 0 saturated carbocycles. The van der Waals surface area contributed by atoms with Gasteiger partial charge in [-0.3, -0.25) is 9.78 Å². The molecule has 7 heteroatoms. The average molecular weight is 325 g/mol. The van der Waals surface area contributed by atoms with E-state index in [1.54, 1.807) is 18.7 Å². The fraction of sp³-hybridized carbons (Fsp3) is 0.250. The van der Waals surface area contributed by atoms with Gasteiger partial charge in [0.25, 0.3) is 0 Å². The molecular weight excluding hydrogens is 310 g/mol. The molecule has 1 unspecified atom stereocenters. The van der Waals surface area contributed by atoms with Gasteiger partial charge in [0.2, 0.25) is 5.91 Å². The van der Waals surface area contributed by atoms with E-state index in [1.165, 1.54) is 11.3 Å². The van der Waals surface area contributed by atoms with E-state index in [0.717, 1.165) is 35.5 Å². The number of aromatic nitrogens is 4. The van der Waals surface area contributed by atoms with Gasteiger partial charge in [0, 0.05) is 41.4 Å². The Bertz CT molecular complexity index is 826. The third-order valence-corrected chi connectivity index (χ3v) is 4.81. The second-order valence-corrected chi connectivity index (χ2v) is 6.39. The number of aryl methyl sites for hydroxylation is 1. The maximum atomic E-state index is 12.5. The standard InChI is InChI=1S/C16H15N5OS/c22-15(10-3-4-12-13(6-10)19-9-18-12)21-16-20-14(8-23-16)11-2-1-5-17-7-11/h1-2,5,7-10H,3-4,6H2,(H,18,19)(H,20,21,22). The van der Waals surface area contributed by atoms with E-state index in [4.69, 9.17) is 0 Å². The summed E-state index contributed by atoms with van der Waals surface area (Å²) in [5, 5.41) is 5.50. The molecule has 116 valence electrons. The molecule has 0 fully saturated rings. The number of rotatable bonds is 3. The van der Waals surface area contributed by atoms with Crippen LogP contribution in [0, 0.1) is 5.92 Å². The van der Waals surface area contributed by atoms with Crippen molar-refractivity contribution in [1.29, 1.82) is 0 Å². The van der Waals surface area contributed by atoms with Gasteiger partial charge >= 0.3 is 0 Å². The fourth-order valence-electron chi connectivity index (χ4n) is 2.81. The molecule has 0 bridgehead atoms. The molecule has 6 nitrogen and oxygen atoms in total. The summed E-state index contributed by atoms with van der Waals surface area (Å²) in [6, 6.07) is 3.82. The second kappa shape index (κ2) is 5.92. The van der Waals surface area contributed by atoms with Crippen molar-refractivity contribution in [2.24, 2.45) is 5.92 Å². The third kappa shape index (κ3) is 2.87. The summed E-state index contributed by atoms with van der Waals surface area (Å²) in [5.41, 5.74) is 3.94. The molecule has 1 aliphatic carbocycles. The van der Waals surface area contributed by atoms with Crippen molar-refractivity contribution in [3.05, 3.63) is 47.6 Å². The van der Waals surface area contributed by atoms with Gasteiger partial charge in [-0.15, -0.1) is 11.3 Å². The molecule has 0 aliphatic heterocycles. The summed E-state index contributed by atoms with van der Waals surface area (Å²) in [6.07, 6.45) is 7.57. The molecule has 2 N–H and O–H groups in total. The minimum Gasteiger partial charge on any atom is -0.348 e. The molecule has 0 spiro atoms. The molecule has 3 heterocycles. The summed E-state index contributed by atoms with van der Waals surface area (Å²) >= 11 is 1.43. The number of hydrogen-bond donors (Lipinski definition) is 2. The normalized spacial score (nSPS) is 16.8. The van der Waals surface area contributed by atoms with Crippen molar-refractivity contribution in [3.63, 3.8) is 0 Å². The van der Waals surface area contributed by atoms with Crippen LogP contribution in [-0.4, -0.2) is 25.8 Å². The number of amides is 1.